The second-order valence-electron chi connectivity index (χ2n) is 11.5. The van der Waals surface area contributed by atoms with E-state index in [-0.39, 0.29) is 24.1 Å². The number of thioether (sulfide) groups is 1. The third kappa shape index (κ3) is 4.32. The van der Waals surface area contributed by atoms with Gasteiger partial charge in [0.1, 0.15) is 24.2 Å². The van der Waals surface area contributed by atoms with E-state index in [0.29, 0.717) is 37.0 Å². The van der Waals surface area contributed by atoms with Crippen molar-refractivity contribution in [3.63, 3.8) is 0 Å². The molecule has 8 heteroatoms. The van der Waals surface area contributed by atoms with Crippen molar-refractivity contribution in [1.82, 2.24) is 10.2 Å². The summed E-state index contributed by atoms with van der Waals surface area (Å²) in [5.74, 6) is 4.98. The van der Waals surface area contributed by atoms with Crippen LogP contribution in [0.5, 0.6) is 0 Å². The van der Waals surface area contributed by atoms with Crippen molar-refractivity contribution >= 4 is 29.5 Å². The summed E-state index contributed by atoms with van der Waals surface area (Å²) in [7, 11) is 0. The SMILES string of the molecule is O=C1CCC(N2Cc3c(SCc4ccc(COC5C6CC7CC(C6)CC5C7)o4)cccc3C2=O)C(=O)N1. The molecular weight excluding hydrogens is 488 g/mol. The quantitative estimate of drug-likeness (QED) is 0.422. The molecule has 1 saturated heterocycles. The Morgan fingerprint density at radius 3 is 2.49 bits per heavy atom. The van der Waals surface area contributed by atoms with E-state index in [4.69, 9.17) is 9.15 Å². The van der Waals surface area contributed by atoms with Crippen molar-refractivity contribution < 1.29 is 23.5 Å². The minimum Gasteiger partial charge on any atom is -0.463 e. The lowest BCUT2D eigenvalue weighted by Gasteiger charge is -2.53. The highest BCUT2D eigenvalue weighted by molar-refractivity contribution is 7.98. The molecule has 1 aromatic carbocycles. The summed E-state index contributed by atoms with van der Waals surface area (Å²) < 4.78 is 12.6. The number of nitrogens with one attached hydrogen (secondary N) is 1. The summed E-state index contributed by atoms with van der Waals surface area (Å²) >= 11 is 1.64. The number of hydrogen-bond acceptors (Lipinski definition) is 6. The summed E-state index contributed by atoms with van der Waals surface area (Å²) in [6.07, 6.45) is 7.87. The average molecular weight is 521 g/mol. The minimum atomic E-state index is -0.599. The summed E-state index contributed by atoms with van der Waals surface area (Å²) in [4.78, 5) is 39.6. The van der Waals surface area contributed by atoms with Crippen LogP contribution in [0.3, 0.4) is 0 Å². The molecule has 3 heterocycles. The van der Waals surface area contributed by atoms with Gasteiger partial charge in [0.05, 0.1) is 11.9 Å². The highest BCUT2D eigenvalue weighted by Crippen LogP contribution is 2.54. The molecule has 0 spiro atoms. The molecule has 194 valence electrons. The van der Waals surface area contributed by atoms with Crippen LogP contribution in [-0.2, 0) is 33.2 Å². The summed E-state index contributed by atoms with van der Waals surface area (Å²) in [6, 6.07) is 9.17. The van der Waals surface area contributed by atoms with Crippen LogP contribution in [0.4, 0.5) is 0 Å². The first-order valence-corrected chi connectivity index (χ1v) is 14.6. The van der Waals surface area contributed by atoms with Crippen molar-refractivity contribution in [3.8, 4) is 0 Å². The lowest BCUT2D eigenvalue weighted by Crippen LogP contribution is -2.52. The van der Waals surface area contributed by atoms with Crippen LogP contribution in [0.25, 0.3) is 0 Å². The predicted octanol–water partition coefficient (Wildman–Crippen LogP) is 4.67. The molecule has 5 fully saturated rings. The summed E-state index contributed by atoms with van der Waals surface area (Å²) in [5.41, 5.74) is 1.58. The van der Waals surface area contributed by atoms with Gasteiger partial charge in [-0.15, -0.1) is 11.8 Å². The molecule has 37 heavy (non-hydrogen) atoms. The number of carbonyl (C=O) groups excluding carboxylic acids is 3. The monoisotopic (exact) mass is 520 g/mol. The molecular formula is C29H32N2O5S. The zero-order valence-electron chi connectivity index (χ0n) is 20.8. The van der Waals surface area contributed by atoms with E-state index in [1.165, 1.54) is 32.1 Å². The molecule has 8 rings (SSSR count). The number of rotatable bonds is 7. The van der Waals surface area contributed by atoms with Gasteiger partial charge in [0.15, 0.2) is 0 Å². The molecule has 1 atom stereocenters. The van der Waals surface area contributed by atoms with Gasteiger partial charge in [-0.3, -0.25) is 19.7 Å². The van der Waals surface area contributed by atoms with Gasteiger partial charge < -0.3 is 14.1 Å². The number of hydrogen-bond donors (Lipinski definition) is 1. The Morgan fingerprint density at radius 2 is 1.73 bits per heavy atom. The maximum Gasteiger partial charge on any atom is 0.255 e. The molecule has 4 saturated carbocycles. The molecule has 4 aliphatic carbocycles. The van der Waals surface area contributed by atoms with Crippen molar-refractivity contribution in [2.45, 2.75) is 80.9 Å². The molecule has 2 aliphatic heterocycles. The Bertz CT molecular complexity index is 1230. The fourth-order valence-corrected chi connectivity index (χ4v) is 8.72. The van der Waals surface area contributed by atoms with Crippen LogP contribution in [0.1, 0.15) is 72.4 Å². The first kappa shape index (κ1) is 23.5. The summed E-state index contributed by atoms with van der Waals surface area (Å²) in [6.45, 7) is 0.917. The lowest BCUT2D eigenvalue weighted by atomic mass is 9.55. The van der Waals surface area contributed by atoms with E-state index in [1.807, 2.05) is 30.3 Å². The van der Waals surface area contributed by atoms with E-state index in [1.54, 1.807) is 16.7 Å². The molecule has 3 amide bonds. The maximum absolute atomic E-state index is 13.1. The molecule has 0 radical (unpaired) electrons. The highest BCUT2D eigenvalue weighted by atomic mass is 32.2. The van der Waals surface area contributed by atoms with E-state index in [9.17, 15) is 14.4 Å². The van der Waals surface area contributed by atoms with Crippen molar-refractivity contribution in [2.24, 2.45) is 23.7 Å². The number of furan rings is 1. The number of ether oxygens (including phenoxy) is 1. The minimum absolute atomic E-state index is 0.144. The van der Waals surface area contributed by atoms with E-state index >= 15 is 0 Å². The van der Waals surface area contributed by atoms with Crippen LogP contribution in [0.15, 0.2) is 39.6 Å². The molecule has 6 aliphatic rings. The number of piperidine rings is 1. The van der Waals surface area contributed by atoms with Gasteiger partial charge in [0.25, 0.3) is 5.91 Å². The molecule has 1 unspecified atom stereocenters. The first-order chi connectivity index (χ1) is 18.0. The van der Waals surface area contributed by atoms with Crippen molar-refractivity contribution in [3.05, 3.63) is 53.0 Å². The van der Waals surface area contributed by atoms with Crippen LogP contribution in [-0.4, -0.2) is 34.8 Å². The maximum atomic E-state index is 13.1. The fraction of sp³-hybridized carbons (Fsp3) is 0.552. The largest absolute Gasteiger partial charge is 0.463 e. The topological polar surface area (TPSA) is 88.9 Å². The second kappa shape index (κ2) is 9.31. The third-order valence-corrected chi connectivity index (χ3v) is 10.3. The molecule has 7 nitrogen and oxygen atoms in total. The number of imide groups is 1. The van der Waals surface area contributed by atoms with Gasteiger partial charge in [-0.25, -0.2) is 0 Å². The normalized spacial score (nSPS) is 32.2. The Balaban J connectivity index is 0.973. The zero-order chi connectivity index (χ0) is 25.1. The standard InChI is InChI=1S/C29H32N2O5S/c32-26-7-6-24(28(33)30-26)31-13-23-22(29(31)34)2-1-3-25(23)37-15-21-5-4-20(36-21)14-35-27-18-9-16-8-17(11-18)12-19(27)10-16/h1-5,16-19,24,27H,6-15H2,(H,30,32,33). The van der Waals surface area contributed by atoms with E-state index < -0.39 is 6.04 Å². The number of amides is 3. The molecule has 1 N–H and O–H groups in total. The van der Waals surface area contributed by atoms with Gasteiger partial charge in [-0.2, -0.15) is 0 Å². The van der Waals surface area contributed by atoms with Gasteiger partial charge >= 0.3 is 0 Å². The zero-order valence-corrected chi connectivity index (χ0v) is 21.6. The Kier molecular flexibility index (Phi) is 5.92. The number of fused-ring (bicyclic) bond motifs is 1. The summed E-state index contributed by atoms with van der Waals surface area (Å²) in [5, 5.41) is 2.36. The lowest BCUT2D eigenvalue weighted by molar-refractivity contribution is -0.136. The smallest absolute Gasteiger partial charge is 0.255 e. The van der Waals surface area contributed by atoms with Crippen LogP contribution < -0.4 is 5.32 Å². The van der Waals surface area contributed by atoms with Gasteiger partial charge in [-0.1, -0.05) is 6.07 Å². The molecule has 4 bridgehead atoms. The van der Waals surface area contributed by atoms with Crippen LogP contribution >= 0.6 is 11.8 Å². The van der Waals surface area contributed by atoms with Crippen LogP contribution in [0, 0.1) is 23.7 Å². The number of carbonyl (C=O) groups is 3. The van der Waals surface area contributed by atoms with E-state index in [2.05, 4.69) is 5.32 Å². The average Bonchev–Trinajstić information content (AvgIpc) is 3.46. The highest BCUT2D eigenvalue weighted by Gasteiger charge is 2.48. The number of nitrogens with zero attached hydrogens (tertiary/aromatic N) is 1. The Labute approximate surface area is 220 Å². The first-order valence-electron chi connectivity index (χ1n) is 13.6. The third-order valence-electron chi connectivity index (χ3n) is 9.18. The van der Waals surface area contributed by atoms with Crippen molar-refractivity contribution in [2.75, 3.05) is 0 Å². The molecule has 1 aromatic heterocycles. The Hall–Kier alpha value is -2.58. The Morgan fingerprint density at radius 1 is 0.973 bits per heavy atom. The van der Waals surface area contributed by atoms with E-state index in [0.717, 1.165) is 45.7 Å². The predicted molar refractivity (Wildman–Crippen MR) is 136 cm³/mol. The second-order valence-corrected chi connectivity index (χ2v) is 12.6. The van der Waals surface area contributed by atoms with Gasteiger partial charge in [0.2, 0.25) is 11.8 Å². The van der Waals surface area contributed by atoms with Crippen LogP contribution in [0.2, 0.25) is 0 Å². The number of benzene rings is 1. The van der Waals surface area contributed by atoms with Gasteiger partial charge in [0, 0.05) is 23.4 Å². The van der Waals surface area contributed by atoms with Gasteiger partial charge in [-0.05, 0) is 92.0 Å². The fourth-order valence-electron chi connectivity index (χ4n) is 7.74. The molecule has 2 aromatic rings. The van der Waals surface area contributed by atoms with Crippen molar-refractivity contribution in [1.29, 1.82) is 0 Å².